The maximum Gasteiger partial charge on any atom is 0.219 e. The predicted octanol–water partition coefficient (Wildman–Crippen LogP) is 1.97. The van der Waals surface area contributed by atoms with E-state index in [9.17, 15) is 9.90 Å². The third-order valence-electron chi connectivity index (χ3n) is 3.75. The SMILES string of the molecule is CCCN[C@H](OC(OC(C)CCC)N(C)C)[C@@H](C)[C@H](O)CC=O. The van der Waals surface area contributed by atoms with Gasteiger partial charge in [-0.05, 0) is 40.4 Å². The van der Waals surface area contributed by atoms with Crippen LogP contribution in [-0.4, -0.2) is 61.8 Å². The summed E-state index contributed by atoms with van der Waals surface area (Å²) < 4.78 is 12.0. The molecule has 6 nitrogen and oxygen atoms in total. The molecule has 0 aliphatic heterocycles. The van der Waals surface area contributed by atoms with Crippen molar-refractivity contribution in [2.75, 3.05) is 20.6 Å². The first-order chi connectivity index (χ1) is 10.9. The zero-order valence-electron chi connectivity index (χ0n) is 15.6. The Morgan fingerprint density at radius 1 is 1.17 bits per heavy atom. The second-order valence-corrected chi connectivity index (χ2v) is 6.35. The highest BCUT2D eigenvalue weighted by Gasteiger charge is 2.29. The topological polar surface area (TPSA) is 71.0 Å². The lowest BCUT2D eigenvalue weighted by molar-refractivity contribution is -0.266. The number of carbonyl (C=O) groups is 1. The summed E-state index contributed by atoms with van der Waals surface area (Å²) in [6.07, 6.45) is 2.28. The molecule has 138 valence electrons. The van der Waals surface area contributed by atoms with Gasteiger partial charge in [-0.3, -0.25) is 10.2 Å². The van der Waals surface area contributed by atoms with E-state index in [1.807, 2.05) is 32.8 Å². The third kappa shape index (κ3) is 9.37. The molecule has 0 aromatic heterocycles. The van der Waals surface area contributed by atoms with Gasteiger partial charge in [-0.25, -0.2) is 0 Å². The first-order valence-corrected chi connectivity index (χ1v) is 8.69. The first kappa shape index (κ1) is 22.5. The minimum atomic E-state index is -0.738. The van der Waals surface area contributed by atoms with Crippen molar-refractivity contribution >= 4 is 6.29 Å². The number of rotatable bonds is 14. The van der Waals surface area contributed by atoms with Gasteiger partial charge in [-0.15, -0.1) is 0 Å². The van der Waals surface area contributed by atoms with Crippen LogP contribution < -0.4 is 5.32 Å². The number of aldehydes is 1. The van der Waals surface area contributed by atoms with Crippen LogP contribution in [0, 0.1) is 5.92 Å². The number of hydrogen-bond donors (Lipinski definition) is 2. The standard InChI is InChI=1S/C17H36N2O4/c1-7-9-13(3)22-17(19(5)6)23-16(18-11-8-2)14(4)15(21)10-12-20/h12-18,21H,7-11H2,1-6H3/t13?,14-,15+,16+,17?/m0/s1. The Morgan fingerprint density at radius 3 is 2.30 bits per heavy atom. The van der Waals surface area contributed by atoms with Crippen LogP contribution in [0.1, 0.15) is 53.4 Å². The molecule has 5 atom stereocenters. The van der Waals surface area contributed by atoms with Crippen molar-refractivity contribution in [1.82, 2.24) is 10.2 Å². The van der Waals surface area contributed by atoms with E-state index in [2.05, 4.69) is 19.2 Å². The molecule has 0 aromatic carbocycles. The lowest BCUT2D eigenvalue weighted by Gasteiger charge is -2.35. The van der Waals surface area contributed by atoms with Gasteiger partial charge in [-0.1, -0.05) is 27.2 Å². The average molecular weight is 332 g/mol. The maximum atomic E-state index is 10.7. The number of carbonyl (C=O) groups excluding carboxylic acids is 1. The molecule has 0 fully saturated rings. The van der Waals surface area contributed by atoms with Gasteiger partial charge in [0, 0.05) is 12.3 Å². The summed E-state index contributed by atoms with van der Waals surface area (Å²) in [5.41, 5.74) is 0. The summed E-state index contributed by atoms with van der Waals surface area (Å²) in [5, 5.41) is 13.4. The quantitative estimate of drug-likeness (QED) is 0.374. The van der Waals surface area contributed by atoms with Crippen molar-refractivity contribution in [1.29, 1.82) is 0 Å². The number of aliphatic hydroxyl groups is 1. The van der Waals surface area contributed by atoms with Crippen LogP contribution in [0.5, 0.6) is 0 Å². The van der Waals surface area contributed by atoms with Crippen LogP contribution in [0.2, 0.25) is 0 Å². The van der Waals surface area contributed by atoms with E-state index in [1.165, 1.54) is 0 Å². The third-order valence-corrected chi connectivity index (χ3v) is 3.75. The van der Waals surface area contributed by atoms with Crippen molar-refractivity contribution in [2.24, 2.45) is 5.92 Å². The van der Waals surface area contributed by atoms with Gasteiger partial charge in [0.05, 0.1) is 12.2 Å². The maximum absolute atomic E-state index is 10.7. The van der Waals surface area contributed by atoms with Gasteiger partial charge in [-0.2, -0.15) is 0 Å². The van der Waals surface area contributed by atoms with Crippen molar-refractivity contribution in [3.8, 4) is 0 Å². The minimum Gasteiger partial charge on any atom is -0.392 e. The Balaban J connectivity index is 4.87. The number of hydrogen-bond acceptors (Lipinski definition) is 6. The van der Waals surface area contributed by atoms with Crippen LogP contribution >= 0.6 is 0 Å². The predicted molar refractivity (Wildman–Crippen MR) is 91.9 cm³/mol. The molecule has 0 aliphatic carbocycles. The van der Waals surface area contributed by atoms with E-state index >= 15 is 0 Å². The summed E-state index contributed by atoms with van der Waals surface area (Å²) in [6, 6.07) is 0. The second kappa shape index (κ2) is 12.8. The molecule has 0 aliphatic rings. The van der Waals surface area contributed by atoms with Gasteiger partial charge < -0.3 is 19.4 Å². The van der Waals surface area contributed by atoms with E-state index in [1.54, 1.807) is 0 Å². The molecular weight excluding hydrogens is 296 g/mol. The lowest BCUT2D eigenvalue weighted by atomic mass is 10.0. The highest BCUT2D eigenvalue weighted by Crippen LogP contribution is 2.17. The Kier molecular flexibility index (Phi) is 12.5. The fraction of sp³-hybridized carbons (Fsp3) is 0.941. The second-order valence-electron chi connectivity index (χ2n) is 6.35. The molecule has 0 bridgehead atoms. The molecular formula is C17H36N2O4. The molecule has 0 radical (unpaired) electrons. The molecule has 0 amide bonds. The monoisotopic (exact) mass is 332 g/mol. The highest BCUT2D eigenvalue weighted by molar-refractivity contribution is 5.50. The Morgan fingerprint density at radius 2 is 1.83 bits per heavy atom. The van der Waals surface area contributed by atoms with Gasteiger partial charge in [0.15, 0.2) is 0 Å². The van der Waals surface area contributed by atoms with Crippen molar-refractivity contribution in [3.05, 3.63) is 0 Å². The normalized spacial score (nSPS) is 18.4. The average Bonchev–Trinajstić information content (AvgIpc) is 2.49. The van der Waals surface area contributed by atoms with Gasteiger partial charge >= 0.3 is 0 Å². The molecule has 0 aromatic rings. The smallest absolute Gasteiger partial charge is 0.219 e. The van der Waals surface area contributed by atoms with Crippen molar-refractivity contribution in [3.63, 3.8) is 0 Å². The number of nitrogens with zero attached hydrogens (tertiary/aromatic N) is 1. The molecule has 0 rings (SSSR count). The van der Waals surface area contributed by atoms with Gasteiger partial charge in [0.2, 0.25) is 6.41 Å². The van der Waals surface area contributed by atoms with Crippen LogP contribution in [0.4, 0.5) is 0 Å². The lowest BCUT2D eigenvalue weighted by Crippen LogP contribution is -2.49. The number of ether oxygens (including phenoxy) is 2. The van der Waals surface area contributed by atoms with E-state index < -0.39 is 12.5 Å². The zero-order valence-corrected chi connectivity index (χ0v) is 15.6. The van der Waals surface area contributed by atoms with Crippen LogP contribution in [0.3, 0.4) is 0 Å². The minimum absolute atomic E-state index is 0.0921. The van der Waals surface area contributed by atoms with E-state index in [0.29, 0.717) is 0 Å². The highest BCUT2D eigenvalue weighted by atomic mass is 16.7. The van der Waals surface area contributed by atoms with Crippen molar-refractivity contribution in [2.45, 2.75) is 78.2 Å². The summed E-state index contributed by atoms with van der Waals surface area (Å²) in [6.45, 7) is 8.87. The first-order valence-electron chi connectivity index (χ1n) is 8.69. The summed E-state index contributed by atoms with van der Waals surface area (Å²) >= 11 is 0. The van der Waals surface area contributed by atoms with Crippen LogP contribution in [0.15, 0.2) is 0 Å². The Hall–Kier alpha value is -0.530. The summed E-state index contributed by atoms with van der Waals surface area (Å²) in [7, 11) is 3.79. The summed E-state index contributed by atoms with van der Waals surface area (Å²) in [5.74, 6) is -0.223. The Labute approximate surface area is 141 Å². The van der Waals surface area contributed by atoms with E-state index in [4.69, 9.17) is 9.47 Å². The molecule has 0 saturated carbocycles. The zero-order chi connectivity index (χ0) is 17.8. The molecule has 0 spiro atoms. The van der Waals surface area contributed by atoms with Crippen LogP contribution in [0.25, 0.3) is 0 Å². The van der Waals surface area contributed by atoms with Crippen LogP contribution in [-0.2, 0) is 14.3 Å². The van der Waals surface area contributed by atoms with E-state index in [0.717, 1.165) is 32.1 Å². The van der Waals surface area contributed by atoms with Gasteiger partial charge in [0.25, 0.3) is 0 Å². The number of aliphatic hydroxyl groups excluding tert-OH is 1. The fourth-order valence-electron chi connectivity index (χ4n) is 2.23. The fourth-order valence-corrected chi connectivity index (χ4v) is 2.23. The molecule has 2 N–H and O–H groups in total. The van der Waals surface area contributed by atoms with E-state index in [-0.39, 0.29) is 24.7 Å². The molecule has 0 saturated heterocycles. The molecule has 23 heavy (non-hydrogen) atoms. The number of nitrogens with one attached hydrogen (secondary N) is 1. The molecule has 2 unspecified atom stereocenters. The summed E-state index contributed by atoms with van der Waals surface area (Å²) in [4.78, 5) is 12.5. The molecule has 6 heteroatoms. The van der Waals surface area contributed by atoms with Crippen molar-refractivity contribution < 1.29 is 19.4 Å². The largest absolute Gasteiger partial charge is 0.392 e. The van der Waals surface area contributed by atoms with Gasteiger partial charge in [0.1, 0.15) is 12.5 Å². The molecule has 0 heterocycles. The Bertz CT molecular complexity index is 302.